The summed E-state index contributed by atoms with van der Waals surface area (Å²) >= 11 is 5.90. The smallest absolute Gasteiger partial charge is 0.199 e. The van der Waals surface area contributed by atoms with Gasteiger partial charge in [-0.05, 0) is 38.5 Å². The average molecular weight is 295 g/mol. The highest BCUT2D eigenvalue weighted by atomic mass is 35.5. The van der Waals surface area contributed by atoms with E-state index in [-0.39, 0.29) is 12.1 Å². The molecule has 106 valence electrons. The monoisotopic (exact) mass is 294 g/mol. The van der Waals surface area contributed by atoms with Crippen molar-refractivity contribution < 1.29 is 8.42 Å². The van der Waals surface area contributed by atoms with Crippen LogP contribution in [0.4, 0.5) is 0 Å². The van der Waals surface area contributed by atoms with E-state index in [0.29, 0.717) is 18.3 Å². The first-order valence-electron chi connectivity index (χ1n) is 6.89. The SMILES string of the molecule is CC1CCCCN1S(=O)(=O)NC1CCCC1CCl. The van der Waals surface area contributed by atoms with Crippen molar-refractivity contribution in [3.63, 3.8) is 0 Å². The zero-order valence-corrected chi connectivity index (χ0v) is 12.5. The van der Waals surface area contributed by atoms with E-state index in [0.717, 1.165) is 38.5 Å². The van der Waals surface area contributed by atoms with Gasteiger partial charge < -0.3 is 0 Å². The molecule has 6 heteroatoms. The standard InChI is InChI=1S/C12H23ClN2O2S/c1-10-5-2-3-8-15(10)18(16,17)14-12-7-4-6-11(12)9-13/h10-12,14H,2-9H2,1H3. The highest BCUT2D eigenvalue weighted by molar-refractivity contribution is 7.87. The molecule has 0 amide bonds. The number of halogens is 1. The number of nitrogens with one attached hydrogen (secondary N) is 1. The summed E-state index contributed by atoms with van der Waals surface area (Å²) in [6, 6.07) is 0.147. The second-order valence-corrected chi connectivity index (χ2v) is 7.49. The molecule has 0 bridgehead atoms. The molecule has 4 nitrogen and oxygen atoms in total. The molecule has 2 aliphatic rings. The molecular formula is C12H23ClN2O2S. The van der Waals surface area contributed by atoms with Gasteiger partial charge in [-0.1, -0.05) is 12.8 Å². The zero-order chi connectivity index (χ0) is 13.2. The van der Waals surface area contributed by atoms with Gasteiger partial charge in [0.2, 0.25) is 0 Å². The molecule has 0 spiro atoms. The van der Waals surface area contributed by atoms with Crippen molar-refractivity contribution >= 4 is 21.8 Å². The van der Waals surface area contributed by atoms with Gasteiger partial charge in [0.25, 0.3) is 10.2 Å². The molecule has 3 atom stereocenters. The number of nitrogens with zero attached hydrogens (tertiary/aromatic N) is 1. The first kappa shape index (κ1) is 14.6. The van der Waals surface area contributed by atoms with Crippen LogP contribution in [0.2, 0.25) is 0 Å². The third kappa shape index (κ3) is 3.18. The quantitative estimate of drug-likeness (QED) is 0.807. The van der Waals surface area contributed by atoms with Crippen LogP contribution in [-0.2, 0) is 10.2 Å². The topological polar surface area (TPSA) is 49.4 Å². The lowest BCUT2D eigenvalue weighted by Gasteiger charge is -2.33. The molecular weight excluding hydrogens is 272 g/mol. The Kier molecular flexibility index (Phi) is 4.92. The Morgan fingerprint density at radius 1 is 1.22 bits per heavy atom. The molecule has 0 aromatic heterocycles. The summed E-state index contributed by atoms with van der Waals surface area (Å²) in [5.41, 5.74) is 0. The van der Waals surface area contributed by atoms with Crippen LogP contribution in [0.15, 0.2) is 0 Å². The third-order valence-electron chi connectivity index (χ3n) is 4.21. The lowest BCUT2D eigenvalue weighted by Crippen LogP contribution is -2.51. The van der Waals surface area contributed by atoms with Crippen LogP contribution in [0.1, 0.15) is 45.4 Å². The van der Waals surface area contributed by atoms with E-state index >= 15 is 0 Å². The van der Waals surface area contributed by atoms with Crippen molar-refractivity contribution in [2.75, 3.05) is 12.4 Å². The Balaban J connectivity index is 2.02. The Hall–Kier alpha value is 0.160. The van der Waals surface area contributed by atoms with Crippen LogP contribution in [-0.4, -0.2) is 37.2 Å². The van der Waals surface area contributed by atoms with Crippen LogP contribution in [0.3, 0.4) is 0 Å². The molecule has 1 saturated heterocycles. The van der Waals surface area contributed by atoms with Crippen molar-refractivity contribution in [2.24, 2.45) is 5.92 Å². The second-order valence-electron chi connectivity index (χ2n) is 5.53. The van der Waals surface area contributed by atoms with Gasteiger partial charge in [0.1, 0.15) is 0 Å². The highest BCUT2D eigenvalue weighted by Crippen LogP contribution is 2.28. The lowest BCUT2D eigenvalue weighted by atomic mass is 10.1. The Bertz CT molecular complexity index is 374. The summed E-state index contributed by atoms with van der Waals surface area (Å²) in [5, 5.41) is 0. The number of rotatable bonds is 4. The minimum atomic E-state index is -3.33. The fraction of sp³-hybridized carbons (Fsp3) is 1.00. The molecule has 0 aromatic carbocycles. The third-order valence-corrected chi connectivity index (χ3v) is 6.37. The minimum Gasteiger partial charge on any atom is -0.199 e. The Labute approximate surface area is 115 Å². The lowest BCUT2D eigenvalue weighted by molar-refractivity contribution is 0.262. The van der Waals surface area contributed by atoms with Crippen molar-refractivity contribution in [2.45, 2.75) is 57.5 Å². The maximum atomic E-state index is 12.4. The summed E-state index contributed by atoms with van der Waals surface area (Å²) in [6.45, 7) is 2.64. The van der Waals surface area contributed by atoms with E-state index in [2.05, 4.69) is 4.72 Å². The molecule has 2 rings (SSSR count). The minimum absolute atomic E-state index is 0.0293. The predicted octanol–water partition coefficient (Wildman–Crippen LogP) is 2.10. The van der Waals surface area contributed by atoms with Crippen molar-refractivity contribution in [3.05, 3.63) is 0 Å². The zero-order valence-electron chi connectivity index (χ0n) is 10.9. The number of alkyl halides is 1. The molecule has 1 aliphatic heterocycles. The van der Waals surface area contributed by atoms with Crippen molar-refractivity contribution in [3.8, 4) is 0 Å². The highest BCUT2D eigenvalue weighted by Gasteiger charge is 2.35. The Morgan fingerprint density at radius 3 is 2.67 bits per heavy atom. The molecule has 3 unspecified atom stereocenters. The second kappa shape index (κ2) is 6.07. The van der Waals surface area contributed by atoms with Gasteiger partial charge in [0, 0.05) is 24.5 Å². The van der Waals surface area contributed by atoms with Crippen molar-refractivity contribution in [1.29, 1.82) is 0 Å². The average Bonchev–Trinajstić information content (AvgIpc) is 2.76. The maximum absolute atomic E-state index is 12.4. The van der Waals surface area contributed by atoms with E-state index < -0.39 is 10.2 Å². The number of hydrogen-bond donors (Lipinski definition) is 1. The Morgan fingerprint density at radius 2 is 2.00 bits per heavy atom. The summed E-state index contributed by atoms with van der Waals surface area (Å²) in [6.07, 6.45) is 6.07. The molecule has 1 aliphatic carbocycles. The molecule has 1 N–H and O–H groups in total. The summed E-state index contributed by atoms with van der Waals surface area (Å²) < 4.78 is 29.3. The predicted molar refractivity (Wildman–Crippen MR) is 73.9 cm³/mol. The number of hydrogen-bond acceptors (Lipinski definition) is 2. The molecule has 2 fully saturated rings. The molecule has 1 heterocycles. The van der Waals surface area contributed by atoms with Gasteiger partial charge in [-0.15, -0.1) is 11.6 Å². The van der Waals surface area contributed by atoms with E-state index in [1.54, 1.807) is 4.31 Å². The normalized spacial score (nSPS) is 34.9. The van der Waals surface area contributed by atoms with Gasteiger partial charge in [-0.25, -0.2) is 0 Å². The van der Waals surface area contributed by atoms with Gasteiger partial charge >= 0.3 is 0 Å². The van der Waals surface area contributed by atoms with Crippen LogP contribution < -0.4 is 4.72 Å². The summed E-state index contributed by atoms with van der Waals surface area (Å²) in [5.74, 6) is 0.837. The van der Waals surface area contributed by atoms with Crippen LogP contribution >= 0.6 is 11.6 Å². The fourth-order valence-corrected chi connectivity index (χ4v) is 5.21. The first-order valence-corrected chi connectivity index (χ1v) is 8.87. The molecule has 18 heavy (non-hydrogen) atoms. The number of piperidine rings is 1. The largest absolute Gasteiger partial charge is 0.279 e. The molecule has 0 aromatic rings. The maximum Gasteiger partial charge on any atom is 0.279 e. The fourth-order valence-electron chi connectivity index (χ4n) is 3.06. The van der Waals surface area contributed by atoms with Gasteiger partial charge in [-0.3, -0.25) is 0 Å². The van der Waals surface area contributed by atoms with Crippen LogP contribution in [0.25, 0.3) is 0 Å². The molecule has 0 radical (unpaired) electrons. The summed E-state index contributed by atoms with van der Waals surface area (Å²) in [7, 11) is -3.33. The van der Waals surface area contributed by atoms with Crippen molar-refractivity contribution in [1.82, 2.24) is 9.03 Å². The van der Waals surface area contributed by atoms with E-state index in [1.165, 1.54) is 0 Å². The van der Waals surface area contributed by atoms with Gasteiger partial charge in [-0.2, -0.15) is 17.4 Å². The van der Waals surface area contributed by atoms with Crippen LogP contribution in [0.5, 0.6) is 0 Å². The van der Waals surface area contributed by atoms with E-state index in [4.69, 9.17) is 11.6 Å². The molecule has 1 saturated carbocycles. The van der Waals surface area contributed by atoms with Gasteiger partial charge in [0.15, 0.2) is 0 Å². The van der Waals surface area contributed by atoms with Crippen LogP contribution in [0, 0.1) is 5.92 Å². The van der Waals surface area contributed by atoms with E-state index in [9.17, 15) is 8.42 Å². The van der Waals surface area contributed by atoms with Gasteiger partial charge in [0.05, 0.1) is 0 Å². The summed E-state index contributed by atoms with van der Waals surface area (Å²) in [4.78, 5) is 0. The first-order chi connectivity index (χ1) is 8.54. The van der Waals surface area contributed by atoms with E-state index in [1.807, 2.05) is 6.92 Å².